The lowest BCUT2D eigenvalue weighted by Crippen LogP contribution is -2.71. The number of fused-ring (bicyclic) bond motifs is 1. The van der Waals surface area contributed by atoms with Gasteiger partial charge in [-0.3, -0.25) is 19.4 Å². The van der Waals surface area contributed by atoms with Crippen molar-refractivity contribution in [3.05, 3.63) is 65.7 Å². The second-order valence-corrected chi connectivity index (χ2v) is 9.02. The Hall–Kier alpha value is -3.43. The fourth-order valence-electron chi connectivity index (χ4n) is 4.18. The number of carbonyl (C=O) groups is 3. The fourth-order valence-corrected chi connectivity index (χ4v) is 4.18. The maximum Gasteiger partial charge on any atom is 0.242 e. The van der Waals surface area contributed by atoms with Gasteiger partial charge in [-0.05, 0) is 37.2 Å². The first kappa shape index (κ1) is 29.8. The summed E-state index contributed by atoms with van der Waals surface area (Å²) in [6.45, 7) is 7.55. The summed E-state index contributed by atoms with van der Waals surface area (Å²) < 4.78 is 5.03. The SMILES string of the molecule is CCC.CNCc1ccc(OC)cc1.C[C@@H](c1ccccc1)N1CC2N(CC1=O)C(=O)CN(C)N2C=O. The zero-order valence-electron chi connectivity index (χ0n) is 22.9. The first-order valence-electron chi connectivity index (χ1n) is 12.7. The van der Waals surface area contributed by atoms with E-state index in [2.05, 4.69) is 31.3 Å². The van der Waals surface area contributed by atoms with Crippen molar-refractivity contribution in [3.8, 4) is 5.75 Å². The van der Waals surface area contributed by atoms with Crippen molar-refractivity contribution in [3.63, 3.8) is 0 Å². The van der Waals surface area contributed by atoms with E-state index in [-0.39, 0.29) is 30.9 Å². The van der Waals surface area contributed by atoms with Crippen LogP contribution in [0.4, 0.5) is 0 Å². The van der Waals surface area contributed by atoms with Crippen LogP contribution < -0.4 is 10.1 Å². The number of amides is 3. The second-order valence-electron chi connectivity index (χ2n) is 9.02. The molecule has 2 atom stereocenters. The Kier molecular flexibility index (Phi) is 12.1. The molecule has 2 saturated heterocycles. The lowest BCUT2D eigenvalue weighted by atomic mass is 10.0. The molecule has 2 fully saturated rings. The second kappa shape index (κ2) is 15.0. The Bertz CT molecular complexity index is 986. The summed E-state index contributed by atoms with van der Waals surface area (Å²) in [5.41, 5.74) is 2.30. The van der Waals surface area contributed by atoms with Crippen molar-refractivity contribution < 1.29 is 19.1 Å². The highest BCUT2D eigenvalue weighted by atomic mass is 16.5. The van der Waals surface area contributed by atoms with Gasteiger partial charge in [0.2, 0.25) is 18.2 Å². The monoisotopic (exact) mass is 511 g/mol. The van der Waals surface area contributed by atoms with E-state index in [1.807, 2.05) is 56.4 Å². The minimum atomic E-state index is -0.442. The summed E-state index contributed by atoms with van der Waals surface area (Å²) in [6.07, 6.45) is 1.52. The highest BCUT2D eigenvalue weighted by Crippen LogP contribution is 2.27. The first-order valence-corrected chi connectivity index (χ1v) is 12.7. The molecule has 9 heteroatoms. The van der Waals surface area contributed by atoms with Crippen molar-refractivity contribution in [1.82, 2.24) is 25.1 Å². The number of carbonyl (C=O) groups excluding carboxylic acids is 3. The van der Waals surface area contributed by atoms with Crippen molar-refractivity contribution in [2.75, 3.05) is 40.8 Å². The van der Waals surface area contributed by atoms with E-state index < -0.39 is 6.17 Å². The Morgan fingerprint density at radius 2 is 1.65 bits per heavy atom. The molecule has 0 saturated carbocycles. The van der Waals surface area contributed by atoms with Gasteiger partial charge in [0.05, 0.1) is 26.2 Å². The van der Waals surface area contributed by atoms with Crippen LogP contribution in [0.5, 0.6) is 5.75 Å². The molecule has 2 aliphatic rings. The van der Waals surface area contributed by atoms with Crippen molar-refractivity contribution in [1.29, 1.82) is 0 Å². The molecule has 1 unspecified atom stereocenters. The average Bonchev–Trinajstić information content (AvgIpc) is 2.90. The Morgan fingerprint density at radius 1 is 1.03 bits per heavy atom. The van der Waals surface area contributed by atoms with Gasteiger partial charge >= 0.3 is 0 Å². The van der Waals surface area contributed by atoms with Gasteiger partial charge in [-0.25, -0.2) is 5.01 Å². The fraction of sp³-hybridized carbons (Fsp3) is 0.464. The Morgan fingerprint density at radius 3 is 2.19 bits per heavy atom. The molecule has 0 aliphatic carbocycles. The largest absolute Gasteiger partial charge is 0.497 e. The van der Waals surface area contributed by atoms with Crippen LogP contribution in [0.15, 0.2) is 54.6 Å². The zero-order valence-corrected chi connectivity index (χ0v) is 22.9. The zero-order chi connectivity index (χ0) is 27.4. The van der Waals surface area contributed by atoms with Crippen LogP contribution >= 0.6 is 0 Å². The molecule has 2 aromatic rings. The predicted octanol–water partition coefficient (Wildman–Crippen LogP) is 2.89. The third kappa shape index (κ3) is 8.03. The topological polar surface area (TPSA) is 85.4 Å². The summed E-state index contributed by atoms with van der Waals surface area (Å²) >= 11 is 0. The molecule has 0 bridgehead atoms. The summed E-state index contributed by atoms with van der Waals surface area (Å²) in [4.78, 5) is 39.3. The number of rotatable bonds is 6. The minimum absolute atomic E-state index is 0.0128. The number of nitrogens with one attached hydrogen (secondary N) is 1. The summed E-state index contributed by atoms with van der Waals surface area (Å²) in [5, 5.41) is 6.16. The van der Waals surface area contributed by atoms with E-state index in [1.165, 1.54) is 21.9 Å². The highest BCUT2D eigenvalue weighted by Gasteiger charge is 2.44. The van der Waals surface area contributed by atoms with Gasteiger partial charge in [0.1, 0.15) is 18.5 Å². The van der Waals surface area contributed by atoms with Gasteiger partial charge in [-0.15, -0.1) is 0 Å². The number of piperazine rings is 1. The first-order chi connectivity index (χ1) is 17.8. The number of benzene rings is 2. The molecule has 2 heterocycles. The van der Waals surface area contributed by atoms with Crippen LogP contribution in [0.3, 0.4) is 0 Å². The van der Waals surface area contributed by atoms with Crippen LogP contribution in [0.1, 0.15) is 44.4 Å². The molecule has 2 aliphatic heterocycles. The maximum absolute atomic E-state index is 12.5. The minimum Gasteiger partial charge on any atom is -0.497 e. The van der Waals surface area contributed by atoms with Crippen LogP contribution in [0.2, 0.25) is 0 Å². The molecule has 2 aromatic carbocycles. The molecule has 3 amide bonds. The average molecular weight is 512 g/mol. The number of hydrogen-bond acceptors (Lipinski definition) is 6. The third-order valence-electron chi connectivity index (χ3n) is 6.13. The molecular formula is C28H41N5O4. The summed E-state index contributed by atoms with van der Waals surface area (Å²) in [5.74, 6) is 0.683. The normalized spacial score (nSPS) is 18.1. The van der Waals surface area contributed by atoms with Crippen molar-refractivity contribution in [2.45, 2.75) is 45.9 Å². The van der Waals surface area contributed by atoms with Gasteiger partial charge < -0.3 is 19.9 Å². The lowest BCUT2D eigenvalue weighted by molar-refractivity contribution is -0.190. The molecule has 0 aromatic heterocycles. The number of likely N-dealkylation sites (N-methyl/N-ethyl adjacent to an activating group) is 1. The van der Waals surface area contributed by atoms with E-state index in [1.54, 1.807) is 24.1 Å². The Balaban J connectivity index is 0.000000287. The van der Waals surface area contributed by atoms with E-state index >= 15 is 0 Å². The van der Waals surface area contributed by atoms with Crippen molar-refractivity contribution in [2.24, 2.45) is 0 Å². The molecule has 37 heavy (non-hydrogen) atoms. The molecule has 202 valence electrons. The van der Waals surface area contributed by atoms with Crippen molar-refractivity contribution >= 4 is 18.2 Å². The standard InChI is InChI=1S/C16H20N4O3.C9H13NO.C3H8/c1-12(13-6-4-3-5-7-13)18-8-14-19(10-16(18)23)15(22)9-17(2)20(14)11-21;1-10-7-8-3-5-9(11-2)6-4-8;1-3-2/h3-7,11-12,14H,8-10H2,1-2H3;3-6,10H,7H2,1-2H3;3H2,1-2H3/t12-,14?;;/m0../s1. The van der Waals surface area contributed by atoms with Crippen LogP contribution in [-0.2, 0) is 20.9 Å². The number of ether oxygens (including phenoxy) is 1. The molecule has 0 spiro atoms. The van der Waals surface area contributed by atoms with Gasteiger partial charge in [0.25, 0.3) is 0 Å². The summed E-state index contributed by atoms with van der Waals surface area (Å²) in [6, 6.07) is 17.7. The van der Waals surface area contributed by atoms with Gasteiger partial charge in [0, 0.05) is 13.6 Å². The molecular weight excluding hydrogens is 470 g/mol. The van der Waals surface area contributed by atoms with E-state index in [0.717, 1.165) is 17.9 Å². The van der Waals surface area contributed by atoms with Crippen LogP contribution in [0.25, 0.3) is 0 Å². The molecule has 1 N–H and O–H groups in total. The smallest absolute Gasteiger partial charge is 0.242 e. The van der Waals surface area contributed by atoms with E-state index in [4.69, 9.17) is 4.74 Å². The number of hydrogen-bond donors (Lipinski definition) is 1. The number of nitrogens with zero attached hydrogens (tertiary/aromatic N) is 4. The molecule has 4 rings (SSSR count). The predicted molar refractivity (Wildman–Crippen MR) is 144 cm³/mol. The van der Waals surface area contributed by atoms with Crippen LogP contribution in [0, 0.1) is 0 Å². The quantitative estimate of drug-likeness (QED) is 0.601. The maximum atomic E-state index is 12.5. The number of hydrazine groups is 1. The Labute approximate surface area is 220 Å². The van der Waals surface area contributed by atoms with Gasteiger partial charge in [-0.1, -0.05) is 62.7 Å². The van der Waals surface area contributed by atoms with Crippen LogP contribution in [-0.4, -0.2) is 85.0 Å². The van der Waals surface area contributed by atoms with Gasteiger partial charge in [0.15, 0.2) is 0 Å². The highest BCUT2D eigenvalue weighted by molar-refractivity contribution is 5.88. The van der Waals surface area contributed by atoms with Gasteiger partial charge in [-0.2, -0.15) is 0 Å². The summed E-state index contributed by atoms with van der Waals surface area (Å²) in [7, 11) is 5.31. The molecule has 9 nitrogen and oxygen atoms in total. The van der Waals surface area contributed by atoms with E-state index in [9.17, 15) is 14.4 Å². The van der Waals surface area contributed by atoms with E-state index in [0.29, 0.717) is 13.0 Å². The number of methoxy groups -OCH3 is 1. The third-order valence-corrected chi connectivity index (χ3v) is 6.13. The lowest BCUT2D eigenvalue weighted by Gasteiger charge is -2.51. The molecule has 0 radical (unpaired) electrons.